The zero-order chi connectivity index (χ0) is 13.4. The first kappa shape index (κ1) is 12.5. The quantitative estimate of drug-likeness (QED) is 0.571. The zero-order valence-electron chi connectivity index (χ0n) is 10.2. The van der Waals surface area contributed by atoms with Crippen molar-refractivity contribution in [1.29, 1.82) is 0 Å². The average Bonchev–Trinajstić information content (AvgIpc) is 2.70. The summed E-state index contributed by atoms with van der Waals surface area (Å²) >= 11 is 2.19. The molecule has 5 nitrogen and oxygen atoms in total. The third-order valence-electron chi connectivity index (χ3n) is 2.98. The van der Waals surface area contributed by atoms with Gasteiger partial charge in [0.25, 0.3) is 0 Å². The molecule has 19 heavy (non-hydrogen) atoms. The number of hydrogen-bond acceptors (Lipinski definition) is 4. The van der Waals surface area contributed by atoms with Crippen LogP contribution in [-0.2, 0) is 11.3 Å². The first-order chi connectivity index (χ1) is 9.19. The van der Waals surface area contributed by atoms with Crippen molar-refractivity contribution in [1.82, 2.24) is 9.55 Å². The first-order valence-electron chi connectivity index (χ1n) is 5.77. The van der Waals surface area contributed by atoms with Gasteiger partial charge >= 0.3 is 5.97 Å². The number of benzene rings is 1. The van der Waals surface area contributed by atoms with Crippen LogP contribution in [0.5, 0.6) is 5.75 Å². The molecular weight excluding hydrogens is 359 g/mol. The minimum absolute atomic E-state index is 0.367. The molecule has 3 rings (SSSR count). The fraction of sp³-hybridized carbons (Fsp3) is 0.231. The summed E-state index contributed by atoms with van der Waals surface area (Å²) in [7, 11) is 1.37. The van der Waals surface area contributed by atoms with Crippen LogP contribution in [0.1, 0.15) is 10.4 Å². The lowest BCUT2D eigenvalue weighted by molar-refractivity contribution is 0.0600. The van der Waals surface area contributed by atoms with Crippen LogP contribution in [0.25, 0.3) is 11.4 Å². The van der Waals surface area contributed by atoms with E-state index in [2.05, 4.69) is 32.1 Å². The highest BCUT2D eigenvalue weighted by Gasteiger charge is 2.19. The number of hydrogen-bond donors (Lipinski definition) is 0. The largest absolute Gasteiger partial charge is 0.491 e. The first-order valence-corrected chi connectivity index (χ1v) is 6.85. The second-order valence-electron chi connectivity index (χ2n) is 4.13. The Kier molecular flexibility index (Phi) is 3.17. The number of esters is 1. The SMILES string of the molecule is COC(=O)c1ccc2c(c1)OCCn1cc(I)nc1-2. The van der Waals surface area contributed by atoms with Crippen molar-refractivity contribution in [2.75, 3.05) is 13.7 Å². The van der Waals surface area contributed by atoms with Gasteiger partial charge in [-0.1, -0.05) is 0 Å². The summed E-state index contributed by atoms with van der Waals surface area (Å²) < 4.78 is 13.4. The molecule has 0 saturated heterocycles. The van der Waals surface area contributed by atoms with Gasteiger partial charge in [-0.25, -0.2) is 9.78 Å². The summed E-state index contributed by atoms with van der Waals surface area (Å²) in [6.45, 7) is 1.30. The lowest BCUT2D eigenvalue weighted by atomic mass is 10.1. The van der Waals surface area contributed by atoms with Crippen molar-refractivity contribution in [3.8, 4) is 17.1 Å². The Morgan fingerprint density at radius 3 is 3.16 bits per heavy atom. The van der Waals surface area contributed by atoms with Gasteiger partial charge in [-0.3, -0.25) is 0 Å². The lowest BCUT2D eigenvalue weighted by Crippen LogP contribution is -2.05. The molecule has 1 aromatic carbocycles. The maximum atomic E-state index is 11.5. The summed E-state index contributed by atoms with van der Waals surface area (Å²) in [6, 6.07) is 5.28. The van der Waals surface area contributed by atoms with Gasteiger partial charge in [0.1, 0.15) is 21.9 Å². The van der Waals surface area contributed by atoms with E-state index < -0.39 is 0 Å². The summed E-state index contributed by atoms with van der Waals surface area (Å²) in [5.41, 5.74) is 1.38. The zero-order valence-corrected chi connectivity index (χ0v) is 12.4. The lowest BCUT2D eigenvalue weighted by Gasteiger charge is -2.07. The van der Waals surface area contributed by atoms with Gasteiger partial charge in [0.15, 0.2) is 0 Å². The van der Waals surface area contributed by atoms with Crippen molar-refractivity contribution < 1.29 is 14.3 Å². The highest BCUT2D eigenvalue weighted by Crippen LogP contribution is 2.33. The molecule has 0 saturated carbocycles. The fourth-order valence-corrected chi connectivity index (χ4v) is 2.66. The second kappa shape index (κ2) is 4.84. The molecule has 0 aliphatic carbocycles. The smallest absolute Gasteiger partial charge is 0.337 e. The number of rotatable bonds is 1. The normalized spacial score (nSPS) is 12.9. The number of methoxy groups -OCH3 is 1. The van der Waals surface area contributed by atoms with Gasteiger partial charge in [-0.2, -0.15) is 0 Å². The number of imidazole rings is 1. The number of carbonyl (C=O) groups is 1. The predicted molar refractivity (Wildman–Crippen MR) is 77.2 cm³/mol. The topological polar surface area (TPSA) is 53.4 Å². The molecule has 1 aromatic heterocycles. The van der Waals surface area contributed by atoms with Crippen LogP contribution >= 0.6 is 22.6 Å². The van der Waals surface area contributed by atoms with E-state index in [0.717, 1.165) is 21.6 Å². The third-order valence-corrected chi connectivity index (χ3v) is 3.50. The van der Waals surface area contributed by atoms with E-state index in [9.17, 15) is 4.79 Å². The second-order valence-corrected chi connectivity index (χ2v) is 5.24. The van der Waals surface area contributed by atoms with E-state index in [-0.39, 0.29) is 5.97 Å². The maximum Gasteiger partial charge on any atom is 0.337 e. The van der Waals surface area contributed by atoms with Gasteiger partial charge in [0.05, 0.1) is 24.8 Å². The van der Waals surface area contributed by atoms with Crippen molar-refractivity contribution >= 4 is 28.6 Å². The molecule has 98 valence electrons. The summed E-state index contributed by atoms with van der Waals surface area (Å²) in [5, 5.41) is 0. The highest BCUT2D eigenvalue weighted by atomic mass is 127. The van der Waals surface area contributed by atoms with Gasteiger partial charge < -0.3 is 14.0 Å². The van der Waals surface area contributed by atoms with E-state index in [1.807, 2.05) is 12.3 Å². The Morgan fingerprint density at radius 1 is 1.53 bits per heavy atom. The van der Waals surface area contributed by atoms with Crippen LogP contribution in [-0.4, -0.2) is 29.2 Å². The molecule has 0 spiro atoms. The number of fused-ring (bicyclic) bond motifs is 3. The Morgan fingerprint density at radius 2 is 2.37 bits per heavy atom. The summed E-state index contributed by atoms with van der Waals surface area (Å²) in [5.74, 6) is 1.17. The Bertz CT molecular complexity index is 651. The van der Waals surface area contributed by atoms with Gasteiger partial charge in [-0.15, -0.1) is 0 Å². The van der Waals surface area contributed by atoms with Crippen LogP contribution in [0, 0.1) is 3.70 Å². The molecule has 0 amide bonds. The van der Waals surface area contributed by atoms with Crippen LogP contribution in [0.4, 0.5) is 0 Å². The Hall–Kier alpha value is -1.57. The van der Waals surface area contributed by atoms with Crippen LogP contribution in [0.2, 0.25) is 0 Å². The number of nitrogens with zero attached hydrogens (tertiary/aromatic N) is 2. The van der Waals surface area contributed by atoms with Crippen molar-refractivity contribution in [2.24, 2.45) is 0 Å². The number of carbonyl (C=O) groups excluding carboxylic acids is 1. The van der Waals surface area contributed by atoms with Gasteiger partial charge in [0.2, 0.25) is 0 Å². The molecule has 0 unspecified atom stereocenters. The van der Waals surface area contributed by atoms with E-state index in [1.165, 1.54) is 7.11 Å². The monoisotopic (exact) mass is 370 g/mol. The van der Waals surface area contributed by atoms with Crippen molar-refractivity contribution in [2.45, 2.75) is 6.54 Å². The predicted octanol–water partition coefficient (Wildman–Crippen LogP) is 2.33. The molecule has 0 radical (unpaired) electrons. The summed E-state index contributed by atoms with van der Waals surface area (Å²) in [6.07, 6.45) is 1.99. The van der Waals surface area contributed by atoms with Gasteiger partial charge in [-0.05, 0) is 40.8 Å². The van der Waals surface area contributed by atoms with E-state index >= 15 is 0 Å². The maximum absolute atomic E-state index is 11.5. The molecule has 6 heteroatoms. The molecule has 1 aliphatic rings. The molecule has 0 fully saturated rings. The molecule has 2 heterocycles. The Balaban J connectivity index is 2.12. The standard InChI is InChI=1S/C13H11IN2O3/c1-18-13(17)8-2-3-9-10(6-8)19-5-4-16-7-11(14)15-12(9)16/h2-3,6-7H,4-5H2,1H3. The number of halogens is 1. The van der Waals surface area contributed by atoms with Crippen molar-refractivity contribution in [3.63, 3.8) is 0 Å². The highest BCUT2D eigenvalue weighted by molar-refractivity contribution is 14.1. The van der Waals surface area contributed by atoms with Gasteiger partial charge in [0, 0.05) is 6.20 Å². The number of aromatic nitrogens is 2. The minimum atomic E-state index is -0.367. The average molecular weight is 370 g/mol. The molecule has 2 aromatic rings. The van der Waals surface area contributed by atoms with Crippen LogP contribution in [0.15, 0.2) is 24.4 Å². The molecule has 0 N–H and O–H groups in total. The molecule has 0 atom stereocenters. The Labute approximate surface area is 123 Å². The molecule has 0 bridgehead atoms. The molecule has 1 aliphatic heterocycles. The van der Waals surface area contributed by atoms with Crippen LogP contribution in [0.3, 0.4) is 0 Å². The van der Waals surface area contributed by atoms with Crippen molar-refractivity contribution in [3.05, 3.63) is 33.7 Å². The fourth-order valence-electron chi connectivity index (χ4n) is 2.09. The third kappa shape index (κ3) is 2.20. The number of ether oxygens (including phenoxy) is 2. The summed E-state index contributed by atoms with van der Waals surface area (Å²) in [4.78, 5) is 16.0. The van der Waals surface area contributed by atoms with E-state index in [4.69, 9.17) is 9.47 Å². The van der Waals surface area contributed by atoms with E-state index in [0.29, 0.717) is 17.9 Å². The molecular formula is C13H11IN2O3. The minimum Gasteiger partial charge on any atom is -0.491 e. The van der Waals surface area contributed by atoms with Crippen LogP contribution < -0.4 is 4.74 Å². The van der Waals surface area contributed by atoms with E-state index in [1.54, 1.807) is 12.1 Å².